The number of hydrogen-bond donors (Lipinski definition) is 1. The lowest BCUT2D eigenvalue weighted by Crippen LogP contribution is -2.31. The summed E-state index contributed by atoms with van der Waals surface area (Å²) in [4.78, 5) is 2.97. The summed E-state index contributed by atoms with van der Waals surface area (Å²) >= 11 is 0. The standard InChI is InChI=1S/C17H15FN2O3S/c1-10-8-14(13-6-7-19-17(13)20(10)21)15-9-12(4-5-16(15)18)24(22,23)11-2-3-11/h4-9,11,19H,2-3H2,1H3. The third kappa shape index (κ3) is 2.19. The Balaban J connectivity index is 1.97. The molecule has 3 aromatic rings. The molecule has 124 valence electrons. The van der Waals surface area contributed by atoms with Crippen LogP contribution in [0.2, 0.25) is 0 Å². The van der Waals surface area contributed by atoms with Crippen LogP contribution in [0.25, 0.3) is 22.2 Å². The maximum atomic E-state index is 14.4. The average Bonchev–Trinajstić information content (AvgIpc) is 3.30. The smallest absolute Gasteiger partial charge is 0.290 e. The van der Waals surface area contributed by atoms with Gasteiger partial charge in [-0.05, 0) is 50.1 Å². The van der Waals surface area contributed by atoms with E-state index >= 15 is 0 Å². The van der Waals surface area contributed by atoms with Crippen LogP contribution in [-0.4, -0.2) is 18.7 Å². The van der Waals surface area contributed by atoms with E-state index in [1.54, 1.807) is 25.3 Å². The maximum Gasteiger partial charge on any atom is 0.290 e. The molecule has 1 saturated carbocycles. The average molecular weight is 346 g/mol. The fourth-order valence-electron chi connectivity index (χ4n) is 2.95. The summed E-state index contributed by atoms with van der Waals surface area (Å²) in [5.41, 5.74) is 1.40. The second kappa shape index (κ2) is 5.04. The van der Waals surface area contributed by atoms with Crippen molar-refractivity contribution in [1.82, 2.24) is 4.98 Å². The number of pyridine rings is 1. The van der Waals surface area contributed by atoms with Crippen LogP contribution >= 0.6 is 0 Å². The Labute approximate surface area is 138 Å². The van der Waals surface area contributed by atoms with Crippen molar-refractivity contribution in [3.05, 3.63) is 53.2 Å². The van der Waals surface area contributed by atoms with Gasteiger partial charge in [-0.15, -0.1) is 0 Å². The van der Waals surface area contributed by atoms with Crippen molar-refractivity contribution in [2.24, 2.45) is 0 Å². The highest BCUT2D eigenvalue weighted by Crippen LogP contribution is 2.36. The van der Waals surface area contributed by atoms with Gasteiger partial charge >= 0.3 is 0 Å². The number of hydrogen-bond acceptors (Lipinski definition) is 3. The lowest BCUT2D eigenvalue weighted by Gasteiger charge is -2.12. The Morgan fingerprint density at radius 1 is 1.21 bits per heavy atom. The van der Waals surface area contributed by atoms with Gasteiger partial charge in [-0.1, -0.05) is 0 Å². The second-order valence-electron chi connectivity index (χ2n) is 6.12. The molecule has 1 fully saturated rings. The highest BCUT2D eigenvalue weighted by molar-refractivity contribution is 7.92. The summed E-state index contributed by atoms with van der Waals surface area (Å²) in [7, 11) is -3.41. The topological polar surface area (TPSA) is 76.9 Å². The quantitative estimate of drug-likeness (QED) is 0.450. The zero-order valence-corrected chi connectivity index (χ0v) is 13.7. The van der Waals surface area contributed by atoms with Crippen molar-refractivity contribution in [3.63, 3.8) is 0 Å². The summed E-state index contributed by atoms with van der Waals surface area (Å²) in [6.07, 6.45) is 2.90. The molecule has 0 unspecified atom stereocenters. The molecule has 24 heavy (non-hydrogen) atoms. The van der Waals surface area contributed by atoms with E-state index in [-0.39, 0.29) is 15.7 Å². The molecule has 0 spiro atoms. The molecule has 0 amide bonds. The van der Waals surface area contributed by atoms with Crippen molar-refractivity contribution >= 4 is 20.9 Å². The molecule has 0 saturated heterocycles. The molecular formula is C17H15FN2O3S. The maximum absolute atomic E-state index is 14.4. The molecule has 2 aromatic heterocycles. The minimum atomic E-state index is -3.41. The van der Waals surface area contributed by atoms with E-state index in [4.69, 9.17) is 0 Å². The van der Waals surface area contributed by atoms with Crippen molar-refractivity contribution < 1.29 is 17.5 Å². The van der Waals surface area contributed by atoms with E-state index in [1.165, 1.54) is 18.2 Å². The van der Waals surface area contributed by atoms with Gasteiger partial charge in [0.2, 0.25) is 0 Å². The monoisotopic (exact) mass is 346 g/mol. The first-order valence-electron chi connectivity index (χ1n) is 7.63. The fourth-order valence-corrected chi connectivity index (χ4v) is 4.63. The molecule has 0 radical (unpaired) electrons. The summed E-state index contributed by atoms with van der Waals surface area (Å²) < 4.78 is 40.1. The zero-order chi connectivity index (χ0) is 17.1. The van der Waals surface area contributed by atoms with Crippen molar-refractivity contribution in [1.29, 1.82) is 0 Å². The highest BCUT2D eigenvalue weighted by Gasteiger charge is 2.37. The van der Waals surface area contributed by atoms with Crippen LogP contribution in [0.3, 0.4) is 0 Å². The predicted molar refractivity (Wildman–Crippen MR) is 87.6 cm³/mol. The molecule has 1 aliphatic carbocycles. The van der Waals surface area contributed by atoms with E-state index < -0.39 is 15.7 Å². The highest BCUT2D eigenvalue weighted by atomic mass is 32.2. The Kier molecular flexibility index (Phi) is 3.18. The summed E-state index contributed by atoms with van der Waals surface area (Å²) in [5.74, 6) is -0.518. The summed E-state index contributed by atoms with van der Waals surface area (Å²) in [5, 5.41) is 12.3. The van der Waals surface area contributed by atoms with Gasteiger partial charge in [-0.25, -0.2) is 22.5 Å². The predicted octanol–water partition coefficient (Wildman–Crippen LogP) is 2.85. The Morgan fingerprint density at radius 2 is 1.96 bits per heavy atom. The van der Waals surface area contributed by atoms with Gasteiger partial charge in [-0.2, -0.15) is 0 Å². The molecule has 2 heterocycles. The number of fused-ring (bicyclic) bond motifs is 1. The van der Waals surface area contributed by atoms with Crippen molar-refractivity contribution in [2.45, 2.75) is 29.9 Å². The molecule has 0 aliphatic heterocycles. The van der Waals surface area contributed by atoms with E-state index in [9.17, 15) is 18.0 Å². The van der Waals surface area contributed by atoms with Crippen molar-refractivity contribution in [3.8, 4) is 11.1 Å². The number of rotatable bonds is 3. The van der Waals surface area contributed by atoms with Gasteiger partial charge in [0.25, 0.3) is 5.65 Å². The van der Waals surface area contributed by atoms with Gasteiger partial charge in [0.1, 0.15) is 11.5 Å². The van der Waals surface area contributed by atoms with E-state index in [2.05, 4.69) is 4.98 Å². The summed E-state index contributed by atoms with van der Waals surface area (Å²) in [6, 6.07) is 7.12. The third-order valence-corrected chi connectivity index (χ3v) is 6.67. The first-order valence-corrected chi connectivity index (χ1v) is 9.18. The molecule has 0 bridgehead atoms. The first kappa shape index (κ1) is 15.1. The van der Waals surface area contributed by atoms with Crippen LogP contribution in [-0.2, 0) is 9.84 Å². The molecular weight excluding hydrogens is 331 g/mol. The van der Waals surface area contributed by atoms with Crippen LogP contribution in [0.1, 0.15) is 18.5 Å². The van der Waals surface area contributed by atoms with E-state index in [0.717, 1.165) is 4.73 Å². The van der Waals surface area contributed by atoms with Crippen LogP contribution in [0.4, 0.5) is 4.39 Å². The fraction of sp³-hybridized carbons (Fsp3) is 0.235. The molecule has 4 rings (SSSR count). The van der Waals surface area contributed by atoms with Crippen molar-refractivity contribution in [2.75, 3.05) is 0 Å². The Bertz CT molecular complexity index is 1070. The molecule has 1 N–H and O–H groups in total. The second-order valence-corrected chi connectivity index (χ2v) is 8.35. The van der Waals surface area contributed by atoms with Crippen LogP contribution in [0, 0.1) is 17.9 Å². The lowest BCUT2D eigenvalue weighted by atomic mass is 10.0. The zero-order valence-electron chi connectivity index (χ0n) is 12.9. The van der Waals surface area contributed by atoms with Gasteiger partial charge in [0, 0.05) is 11.1 Å². The number of halogens is 1. The Morgan fingerprint density at radius 3 is 2.67 bits per heavy atom. The summed E-state index contributed by atoms with van der Waals surface area (Å²) in [6.45, 7) is 1.62. The molecule has 0 atom stereocenters. The first-order chi connectivity index (χ1) is 11.4. The molecule has 5 nitrogen and oxygen atoms in total. The molecule has 1 aromatic carbocycles. The molecule has 1 aliphatic rings. The number of aryl methyl sites for hydroxylation is 1. The molecule has 7 heteroatoms. The van der Waals surface area contributed by atoms with Gasteiger partial charge in [-0.3, -0.25) is 0 Å². The number of H-pyrrole nitrogens is 1. The number of benzene rings is 1. The normalized spacial score (nSPS) is 15.1. The van der Waals surface area contributed by atoms with Gasteiger partial charge < -0.3 is 5.21 Å². The van der Waals surface area contributed by atoms with Crippen LogP contribution < -0.4 is 4.73 Å². The third-order valence-electron chi connectivity index (χ3n) is 4.41. The number of sulfone groups is 1. The van der Waals surface area contributed by atoms with Crippen LogP contribution in [0.5, 0.6) is 0 Å². The minimum Gasteiger partial charge on any atom is -0.710 e. The van der Waals surface area contributed by atoms with Crippen LogP contribution in [0.15, 0.2) is 41.4 Å². The Hall–Kier alpha value is -2.41. The van der Waals surface area contributed by atoms with E-state index in [1.807, 2.05) is 0 Å². The number of nitrogens with one attached hydrogen (secondary N) is 1. The van der Waals surface area contributed by atoms with Gasteiger partial charge in [0.05, 0.1) is 21.7 Å². The van der Waals surface area contributed by atoms with E-state index in [0.29, 0.717) is 35.1 Å². The van der Waals surface area contributed by atoms with Gasteiger partial charge in [0.15, 0.2) is 9.84 Å². The lowest BCUT2D eigenvalue weighted by molar-refractivity contribution is -0.586. The number of aromatic amines is 1. The number of nitrogens with zero attached hydrogens (tertiary/aromatic N) is 1. The number of aromatic nitrogens is 2. The SMILES string of the molecule is Cc1cc(-c2cc(S(=O)(=O)C3CC3)ccc2F)c2cc[nH]c2[n+]1[O-]. The largest absolute Gasteiger partial charge is 0.710 e. The minimum absolute atomic E-state index is 0.126.